The number of para-hydroxylation sites is 1. The van der Waals surface area contributed by atoms with Gasteiger partial charge in [0.1, 0.15) is 22.2 Å². The number of hydrogen-bond acceptors (Lipinski definition) is 5. The number of nitriles is 1. The van der Waals surface area contributed by atoms with Gasteiger partial charge in [-0.25, -0.2) is 4.99 Å². The molecule has 1 aliphatic rings. The summed E-state index contributed by atoms with van der Waals surface area (Å²) < 4.78 is 6.08. The quantitative estimate of drug-likeness (QED) is 0.423. The lowest BCUT2D eigenvalue weighted by Gasteiger charge is -2.09. The van der Waals surface area contributed by atoms with Crippen molar-refractivity contribution in [1.82, 2.24) is 0 Å². The highest BCUT2D eigenvalue weighted by Crippen LogP contribution is 2.39. The summed E-state index contributed by atoms with van der Waals surface area (Å²) in [5.41, 5.74) is 4.71. The molecule has 158 valence electrons. The molecule has 0 spiro atoms. The SMILES string of the molecule is Cc1ccc(NC(=O)c2cc3ccccc3oc2=Nc2sc3c(c2C#N)CCCC3)cc1. The van der Waals surface area contributed by atoms with Gasteiger partial charge >= 0.3 is 0 Å². The summed E-state index contributed by atoms with van der Waals surface area (Å²) in [6, 6.07) is 19.3. The molecule has 2 aromatic carbocycles. The van der Waals surface area contributed by atoms with Crippen molar-refractivity contribution in [2.45, 2.75) is 32.6 Å². The highest BCUT2D eigenvalue weighted by molar-refractivity contribution is 7.16. The number of carbonyl (C=O) groups is 1. The molecule has 0 fully saturated rings. The first-order chi connectivity index (χ1) is 15.6. The summed E-state index contributed by atoms with van der Waals surface area (Å²) in [6.45, 7) is 2.00. The van der Waals surface area contributed by atoms with Crippen LogP contribution in [0, 0.1) is 18.3 Å². The molecular weight excluding hydrogens is 418 g/mol. The molecule has 0 unspecified atom stereocenters. The summed E-state index contributed by atoms with van der Waals surface area (Å²) in [7, 11) is 0. The van der Waals surface area contributed by atoms with E-state index in [4.69, 9.17) is 9.41 Å². The van der Waals surface area contributed by atoms with Crippen molar-refractivity contribution in [3.05, 3.63) is 87.3 Å². The molecule has 6 heteroatoms. The number of thiophene rings is 1. The third-order valence-corrected chi connectivity index (χ3v) is 6.86. The van der Waals surface area contributed by atoms with Crippen LogP contribution in [0.15, 0.2) is 64.0 Å². The van der Waals surface area contributed by atoms with E-state index in [1.165, 1.54) is 16.2 Å². The Morgan fingerprint density at radius 1 is 1.12 bits per heavy atom. The summed E-state index contributed by atoms with van der Waals surface area (Å²) in [6.07, 6.45) is 4.09. The van der Waals surface area contributed by atoms with E-state index in [9.17, 15) is 10.1 Å². The molecule has 0 saturated carbocycles. The lowest BCUT2D eigenvalue weighted by Crippen LogP contribution is -2.21. The molecule has 1 amide bonds. The summed E-state index contributed by atoms with van der Waals surface area (Å²) >= 11 is 1.53. The van der Waals surface area contributed by atoms with Gasteiger partial charge < -0.3 is 9.73 Å². The number of hydrogen-bond donors (Lipinski definition) is 1. The van der Waals surface area contributed by atoms with Gasteiger partial charge in [-0.3, -0.25) is 4.79 Å². The highest BCUT2D eigenvalue weighted by Gasteiger charge is 2.21. The van der Waals surface area contributed by atoms with Crippen LogP contribution in [-0.4, -0.2) is 5.91 Å². The van der Waals surface area contributed by atoms with Gasteiger partial charge in [-0.2, -0.15) is 5.26 Å². The maximum absolute atomic E-state index is 13.2. The Morgan fingerprint density at radius 2 is 1.91 bits per heavy atom. The molecule has 1 aliphatic carbocycles. The third kappa shape index (κ3) is 3.83. The number of nitrogens with zero attached hydrogens (tertiary/aromatic N) is 2. The van der Waals surface area contributed by atoms with Gasteiger partial charge in [0.15, 0.2) is 0 Å². The smallest absolute Gasteiger partial charge is 0.261 e. The first-order valence-corrected chi connectivity index (χ1v) is 11.4. The van der Waals surface area contributed by atoms with Crippen molar-refractivity contribution >= 4 is 38.9 Å². The molecule has 0 atom stereocenters. The summed E-state index contributed by atoms with van der Waals surface area (Å²) in [4.78, 5) is 19.1. The maximum atomic E-state index is 13.2. The Morgan fingerprint density at radius 3 is 2.72 bits per heavy atom. The summed E-state index contributed by atoms with van der Waals surface area (Å²) in [5, 5.41) is 14.2. The standard InChI is InChI=1S/C26H21N3O2S/c1-16-10-12-18(13-11-16)28-24(30)20-14-17-6-2-4-8-22(17)31-25(20)29-26-21(15-27)19-7-3-5-9-23(19)32-26/h2,4,6,8,10-14H,3,5,7,9H2,1H3,(H,28,30). The van der Waals surface area contributed by atoms with Gasteiger partial charge in [0.25, 0.3) is 5.91 Å². The van der Waals surface area contributed by atoms with Gasteiger partial charge in [0.05, 0.1) is 5.56 Å². The molecule has 0 saturated heterocycles. The van der Waals surface area contributed by atoms with E-state index < -0.39 is 0 Å². The number of aryl methyl sites for hydroxylation is 2. The van der Waals surface area contributed by atoms with Crippen molar-refractivity contribution < 1.29 is 9.21 Å². The second kappa shape index (κ2) is 8.45. The molecule has 0 aliphatic heterocycles. The van der Waals surface area contributed by atoms with Gasteiger partial charge in [0.2, 0.25) is 5.55 Å². The zero-order valence-corrected chi connectivity index (χ0v) is 18.5. The predicted octanol–water partition coefficient (Wildman–Crippen LogP) is 6.04. The van der Waals surface area contributed by atoms with E-state index in [2.05, 4.69) is 11.4 Å². The molecule has 5 nitrogen and oxygen atoms in total. The van der Waals surface area contributed by atoms with E-state index >= 15 is 0 Å². The van der Waals surface area contributed by atoms with Gasteiger partial charge in [-0.1, -0.05) is 35.9 Å². The van der Waals surface area contributed by atoms with Crippen molar-refractivity contribution in [3.8, 4) is 6.07 Å². The first kappa shape index (κ1) is 20.2. The number of anilines is 1. The maximum Gasteiger partial charge on any atom is 0.261 e. The number of rotatable bonds is 3. The van der Waals surface area contributed by atoms with Crippen molar-refractivity contribution in [2.75, 3.05) is 5.32 Å². The fourth-order valence-electron chi connectivity index (χ4n) is 3.99. The Hall–Kier alpha value is -3.69. The van der Waals surface area contributed by atoms with Crippen LogP contribution < -0.4 is 10.9 Å². The number of fused-ring (bicyclic) bond motifs is 2. The minimum absolute atomic E-state index is 0.211. The monoisotopic (exact) mass is 439 g/mol. The lowest BCUT2D eigenvalue weighted by molar-refractivity contribution is 0.102. The number of carbonyl (C=O) groups excluding carboxylic acids is 1. The molecule has 0 radical (unpaired) electrons. The van der Waals surface area contributed by atoms with Crippen LogP contribution in [0.4, 0.5) is 10.7 Å². The van der Waals surface area contributed by atoms with Crippen LogP contribution in [0.2, 0.25) is 0 Å². The van der Waals surface area contributed by atoms with Crippen LogP contribution in [0.3, 0.4) is 0 Å². The zero-order valence-electron chi connectivity index (χ0n) is 17.6. The molecule has 2 aromatic heterocycles. The van der Waals surface area contributed by atoms with E-state index in [1.807, 2.05) is 55.5 Å². The van der Waals surface area contributed by atoms with Gasteiger partial charge in [0, 0.05) is 16.0 Å². The third-order valence-electron chi connectivity index (χ3n) is 5.68. The molecule has 1 N–H and O–H groups in total. The van der Waals surface area contributed by atoms with Gasteiger partial charge in [-0.15, -0.1) is 11.3 Å². The predicted molar refractivity (Wildman–Crippen MR) is 126 cm³/mol. The molecular formula is C26H21N3O2S. The average molecular weight is 440 g/mol. The van der Waals surface area contributed by atoms with Crippen molar-refractivity contribution in [3.63, 3.8) is 0 Å². The Kier molecular flexibility index (Phi) is 5.34. The van der Waals surface area contributed by atoms with Crippen LogP contribution in [0.5, 0.6) is 0 Å². The van der Waals surface area contributed by atoms with E-state index in [1.54, 1.807) is 6.07 Å². The zero-order chi connectivity index (χ0) is 22.1. The minimum atomic E-state index is -0.304. The van der Waals surface area contributed by atoms with E-state index in [0.29, 0.717) is 27.4 Å². The van der Waals surface area contributed by atoms with E-state index in [0.717, 1.165) is 42.2 Å². The second-order valence-electron chi connectivity index (χ2n) is 7.94. The number of nitrogens with one attached hydrogen (secondary N) is 1. The van der Waals surface area contributed by atoms with Crippen molar-refractivity contribution in [2.24, 2.45) is 4.99 Å². The summed E-state index contributed by atoms with van der Waals surface area (Å²) in [5.74, 6) is -0.304. The Labute approximate surface area is 189 Å². The normalized spacial score (nSPS) is 13.6. The highest BCUT2D eigenvalue weighted by atomic mass is 32.1. The molecule has 32 heavy (non-hydrogen) atoms. The van der Waals surface area contributed by atoms with Crippen LogP contribution in [0.1, 0.15) is 44.8 Å². The largest absolute Gasteiger partial charge is 0.437 e. The fourth-order valence-corrected chi connectivity index (χ4v) is 5.19. The Balaban J connectivity index is 1.65. The molecule has 5 rings (SSSR count). The van der Waals surface area contributed by atoms with Crippen LogP contribution in [-0.2, 0) is 12.8 Å². The molecule has 4 aromatic rings. The fraction of sp³-hybridized carbons (Fsp3) is 0.192. The van der Waals surface area contributed by atoms with Crippen LogP contribution in [0.25, 0.3) is 11.0 Å². The number of amides is 1. The topological polar surface area (TPSA) is 78.4 Å². The van der Waals surface area contributed by atoms with Gasteiger partial charge in [-0.05, 0) is 62.4 Å². The second-order valence-corrected chi connectivity index (χ2v) is 9.02. The lowest BCUT2D eigenvalue weighted by atomic mass is 9.96. The minimum Gasteiger partial charge on any atom is -0.437 e. The molecule has 0 bridgehead atoms. The Bertz CT molecular complexity index is 1440. The van der Waals surface area contributed by atoms with Crippen LogP contribution >= 0.6 is 11.3 Å². The molecule has 2 heterocycles. The first-order valence-electron chi connectivity index (χ1n) is 10.6. The van der Waals surface area contributed by atoms with Crippen molar-refractivity contribution in [1.29, 1.82) is 5.26 Å². The average Bonchev–Trinajstić information content (AvgIpc) is 3.17. The van der Waals surface area contributed by atoms with E-state index in [-0.39, 0.29) is 11.5 Å². The number of benzene rings is 2.